The van der Waals surface area contributed by atoms with E-state index in [4.69, 9.17) is 0 Å². The molecule has 0 radical (unpaired) electrons. The zero-order valence-corrected chi connectivity index (χ0v) is 18.1. The van der Waals surface area contributed by atoms with Gasteiger partial charge in [-0.25, -0.2) is 0 Å². The standard InChI is InChI=1S/C24H23N3O3S/c1-16-3-5-18(6-4-16)24(30)27-21-11-13-22(14-12-21)31-15-23(29)26-20-9-7-19(8-10-20)25-17(2)28/h3-14H,15H2,1-2H3,(H,25,28)(H,26,29)(H,27,30). The van der Waals surface area contributed by atoms with E-state index < -0.39 is 0 Å². The lowest BCUT2D eigenvalue weighted by molar-refractivity contribution is -0.114. The Morgan fingerprint density at radius 2 is 1.23 bits per heavy atom. The van der Waals surface area contributed by atoms with Crippen LogP contribution in [0.3, 0.4) is 0 Å². The number of carbonyl (C=O) groups excluding carboxylic acids is 3. The van der Waals surface area contributed by atoms with Crippen LogP contribution in [-0.4, -0.2) is 23.5 Å². The second kappa shape index (κ2) is 10.4. The van der Waals surface area contributed by atoms with Crippen LogP contribution in [0.5, 0.6) is 0 Å². The molecule has 3 aromatic rings. The number of thioether (sulfide) groups is 1. The van der Waals surface area contributed by atoms with Crippen LogP contribution in [0.15, 0.2) is 77.7 Å². The highest BCUT2D eigenvalue weighted by atomic mass is 32.2. The minimum atomic E-state index is -0.163. The molecule has 3 N–H and O–H groups in total. The number of hydrogen-bond donors (Lipinski definition) is 3. The van der Waals surface area contributed by atoms with E-state index in [0.717, 1.165) is 10.5 Å². The lowest BCUT2D eigenvalue weighted by atomic mass is 10.1. The van der Waals surface area contributed by atoms with Crippen molar-refractivity contribution < 1.29 is 14.4 Å². The van der Waals surface area contributed by atoms with Gasteiger partial charge in [-0.05, 0) is 67.6 Å². The predicted octanol–water partition coefficient (Wildman–Crippen LogP) is 4.94. The van der Waals surface area contributed by atoms with Crippen molar-refractivity contribution in [3.8, 4) is 0 Å². The van der Waals surface area contributed by atoms with E-state index in [2.05, 4.69) is 16.0 Å². The van der Waals surface area contributed by atoms with Crippen molar-refractivity contribution in [2.45, 2.75) is 18.7 Å². The Hall–Kier alpha value is -3.58. The summed E-state index contributed by atoms with van der Waals surface area (Å²) in [5.74, 6) is -0.185. The second-order valence-corrected chi connectivity index (χ2v) is 7.99. The van der Waals surface area contributed by atoms with Crippen molar-refractivity contribution in [2.24, 2.45) is 0 Å². The lowest BCUT2D eigenvalue weighted by Crippen LogP contribution is -2.14. The first-order valence-corrected chi connectivity index (χ1v) is 10.7. The maximum Gasteiger partial charge on any atom is 0.255 e. The third kappa shape index (κ3) is 7.01. The van der Waals surface area contributed by atoms with Crippen LogP contribution in [-0.2, 0) is 9.59 Å². The Kier molecular flexibility index (Phi) is 7.45. The normalized spacial score (nSPS) is 10.3. The van der Waals surface area contributed by atoms with Crippen molar-refractivity contribution in [2.75, 3.05) is 21.7 Å². The Morgan fingerprint density at radius 3 is 1.81 bits per heavy atom. The van der Waals surface area contributed by atoms with Crippen molar-refractivity contribution >= 4 is 46.5 Å². The molecule has 31 heavy (non-hydrogen) atoms. The summed E-state index contributed by atoms with van der Waals surface area (Å²) in [5.41, 5.74) is 3.73. The first-order valence-electron chi connectivity index (χ1n) is 9.67. The second-order valence-electron chi connectivity index (χ2n) is 6.94. The molecule has 7 heteroatoms. The van der Waals surface area contributed by atoms with E-state index >= 15 is 0 Å². The minimum Gasteiger partial charge on any atom is -0.326 e. The average molecular weight is 434 g/mol. The maximum absolute atomic E-state index is 12.3. The van der Waals surface area contributed by atoms with Crippen LogP contribution in [0.1, 0.15) is 22.8 Å². The predicted molar refractivity (Wildman–Crippen MR) is 126 cm³/mol. The molecule has 3 rings (SSSR count). The third-order valence-corrected chi connectivity index (χ3v) is 5.30. The summed E-state index contributed by atoms with van der Waals surface area (Å²) in [4.78, 5) is 36.4. The van der Waals surface area contributed by atoms with Gasteiger partial charge in [-0.2, -0.15) is 0 Å². The number of anilines is 3. The zero-order valence-electron chi connectivity index (χ0n) is 17.3. The van der Waals surface area contributed by atoms with E-state index in [0.29, 0.717) is 22.6 Å². The van der Waals surface area contributed by atoms with Gasteiger partial charge in [0.25, 0.3) is 5.91 Å². The molecule has 0 aliphatic carbocycles. The number of nitrogens with one attached hydrogen (secondary N) is 3. The third-order valence-electron chi connectivity index (χ3n) is 4.28. The number of carbonyl (C=O) groups is 3. The molecule has 6 nitrogen and oxygen atoms in total. The minimum absolute atomic E-state index is 0.131. The smallest absolute Gasteiger partial charge is 0.255 e. The number of hydrogen-bond acceptors (Lipinski definition) is 4. The molecular weight excluding hydrogens is 410 g/mol. The summed E-state index contributed by atoms with van der Waals surface area (Å²) >= 11 is 1.40. The Labute approximate surface area is 185 Å². The zero-order chi connectivity index (χ0) is 22.2. The lowest BCUT2D eigenvalue weighted by Gasteiger charge is -2.08. The molecule has 0 heterocycles. The molecule has 0 saturated heterocycles. The molecule has 0 aromatic heterocycles. The molecule has 158 valence electrons. The van der Waals surface area contributed by atoms with Crippen molar-refractivity contribution in [1.29, 1.82) is 0 Å². The first-order chi connectivity index (χ1) is 14.9. The van der Waals surface area contributed by atoms with Gasteiger partial charge in [0, 0.05) is 34.4 Å². The highest BCUT2D eigenvalue weighted by Crippen LogP contribution is 2.21. The summed E-state index contributed by atoms with van der Waals surface area (Å²) in [6.45, 7) is 3.42. The van der Waals surface area contributed by atoms with Gasteiger partial charge >= 0.3 is 0 Å². The summed E-state index contributed by atoms with van der Waals surface area (Å²) in [7, 11) is 0. The fourth-order valence-electron chi connectivity index (χ4n) is 2.73. The van der Waals surface area contributed by atoms with Crippen LogP contribution >= 0.6 is 11.8 Å². The molecule has 0 bridgehead atoms. The summed E-state index contributed by atoms with van der Waals surface area (Å²) in [5, 5.41) is 8.37. The van der Waals surface area contributed by atoms with Gasteiger partial charge in [0.05, 0.1) is 5.75 Å². The van der Waals surface area contributed by atoms with E-state index in [1.54, 1.807) is 36.4 Å². The molecule has 0 aliphatic rings. The fraction of sp³-hybridized carbons (Fsp3) is 0.125. The van der Waals surface area contributed by atoms with Gasteiger partial charge in [0.15, 0.2) is 0 Å². The Balaban J connectivity index is 1.47. The molecule has 0 saturated carbocycles. The van der Waals surface area contributed by atoms with Gasteiger partial charge in [-0.15, -0.1) is 11.8 Å². The summed E-state index contributed by atoms with van der Waals surface area (Å²) < 4.78 is 0. The van der Waals surface area contributed by atoms with Crippen LogP contribution in [0, 0.1) is 6.92 Å². The van der Waals surface area contributed by atoms with E-state index in [9.17, 15) is 14.4 Å². The molecule has 3 aromatic carbocycles. The monoisotopic (exact) mass is 433 g/mol. The molecule has 0 fully saturated rings. The molecule has 0 aliphatic heterocycles. The molecule has 3 amide bonds. The van der Waals surface area contributed by atoms with Gasteiger partial charge in [0.1, 0.15) is 0 Å². The van der Waals surface area contributed by atoms with Crippen LogP contribution in [0.25, 0.3) is 0 Å². The average Bonchev–Trinajstić information content (AvgIpc) is 2.75. The largest absolute Gasteiger partial charge is 0.326 e. The summed E-state index contributed by atoms with van der Waals surface area (Å²) in [6, 6.07) is 21.7. The highest BCUT2D eigenvalue weighted by Gasteiger charge is 2.07. The van der Waals surface area contributed by atoms with Gasteiger partial charge in [-0.1, -0.05) is 17.7 Å². The van der Waals surface area contributed by atoms with E-state index in [-0.39, 0.29) is 23.5 Å². The maximum atomic E-state index is 12.3. The molecular formula is C24H23N3O3S. The molecule has 0 unspecified atom stereocenters. The summed E-state index contributed by atoms with van der Waals surface area (Å²) in [6.07, 6.45) is 0. The fourth-order valence-corrected chi connectivity index (χ4v) is 3.43. The van der Waals surface area contributed by atoms with Gasteiger partial charge in [-0.3, -0.25) is 14.4 Å². The van der Waals surface area contributed by atoms with Gasteiger partial charge < -0.3 is 16.0 Å². The van der Waals surface area contributed by atoms with Crippen LogP contribution in [0.2, 0.25) is 0 Å². The number of rotatable bonds is 7. The quantitative estimate of drug-likeness (QED) is 0.461. The van der Waals surface area contributed by atoms with Crippen molar-refractivity contribution in [3.63, 3.8) is 0 Å². The SMILES string of the molecule is CC(=O)Nc1ccc(NC(=O)CSc2ccc(NC(=O)c3ccc(C)cc3)cc2)cc1. The highest BCUT2D eigenvalue weighted by molar-refractivity contribution is 8.00. The van der Waals surface area contributed by atoms with Crippen LogP contribution < -0.4 is 16.0 Å². The molecule has 0 spiro atoms. The van der Waals surface area contributed by atoms with Gasteiger partial charge in [0.2, 0.25) is 11.8 Å². The number of aryl methyl sites for hydroxylation is 1. The van der Waals surface area contributed by atoms with Crippen LogP contribution in [0.4, 0.5) is 17.1 Å². The first kappa shape index (κ1) is 22.1. The van der Waals surface area contributed by atoms with E-state index in [1.165, 1.54) is 18.7 Å². The van der Waals surface area contributed by atoms with Crippen molar-refractivity contribution in [3.05, 3.63) is 83.9 Å². The number of amides is 3. The molecule has 0 atom stereocenters. The topological polar surface area (TPSA) is 87.3 Å². The Morgan fingerprint density at radius 1 is 0.710 bits per heavy atom. The Bertz CT molecular complexity index is 1060. The number of benzene rings is 3. The van der Waals surface area contributed by atoms with E-state index in [1.807, 2.05) is 43.3 Å². The van der Waals surface area contributed by atoms with Crippen molar-refractivity contribution in [1.82, 2.24) is 0 Å².